The second kappa shape index (κ2) is 7.11. The first kappa shape index (κ1) is 6.69. The largest absolute Gasteiger partial charge is 0.0654 e. The number of rotatable bonds is 6. The molecular formula is C10H22. The Balaban J connectivity index is 3.19. The predicted molar refractivity (Wildman–Crippen MR) is 48.2 cm³/mol. The first-order chi connectivity index (χ1) is 5.85. The molecule has 1 unspecified atom stereocenters. The van der Waals surface area contributed by atoms with E-state index in [-0.39, 0.29) is 0 Å². The van der Waals surface area contributed by atoms with Crippen LogP contribution in [0, 0.1) is 5.92 Å². The molecule has 0 N–H and O–H groups in total. The monoisotopic (exact) mass is 144 g/mol. The van der Waals surface area contributed by atoms with Gasteiger partial charge in [-0.05, 0) is 5.92 Å². The Kier molecular flexibility index (Phi) is 4.76. The normalized spacial score (nSPS) is 16.1. The lowest BCUT2D eigenvalue weighted by Crippen LogP contribution is -1.91. The first-order valence-electron chi connectivity index (χ1n) is 5.85. The summed E-state index contributed by atoms with van der Waals surface area (Å²) in [6.07, 6.45) is 7.27. The minimum atomic E-state index is 0.497. The zero-order chi connectivity index (χ0) is 9.23. The molecule has 0 heterocycles. The summed E-state index contributed by atoms with van der Waals surface area (Å²) in [6, 6.07) is 0. The average Bonchev–Trinajstić information content (AvgIpc) is 2.10. The fraction of sp³-hybridized carbons (Fsp3) is 1.00. The van der Waals surface area contributed by atoms with Crippen molar-refractivity contribution < 1.29 is 2.74 Å². The fourth-order valence-corrected chi connectivity index (χ4v) is 1.00. The lowest BCUT2D eigenvalue weighted by molar-refractivity contribution is 0.477. The van der Waals surface area contributed by atoms with Gasteiger partial charge in [0.25, 0.3) is 0 Å². The molecule has 0 radical (unpaired) electrons. The molecule has 0 aliphatic rings. The van der Waals surface area contributed by atoms with Crippen molar-refractivity contribution in [1.82, 2.24) is 0 Å². The quantitative estimate of drug-likeness (QED) is 0.494. The molecule has 62 valence electrons. The Bertz CT molecular complexity index is 83.9. The molecule has 0 amide bonds. The van der Waals surface area contributed by atoms with Gasteiger partial charge >= 0.3 is 0 Å². The Morgan fingerprint density at radius 2 is 2.20 bits per heavy atom. The number of unbranched alkanes of at least 4 members (excludes halogenated alkanes) is 3. The molecule has 0 aliphatic carbocycles. The van der Waals surface area contributed by atoms with E-state index in [1.165, 1.54) is 32.1 Å². The number of hydrogen-bond donors (Lipinski definition) is 0. The molecular weight excluding hydrogens is 120 g/mol. The topological polar surface area (TPSA) is 0 Å². The van der Waals surface area contributed by atoms with Crippen LogP contribution in [0.1, 0.15) is 62.0 Å². The summed E-state index contributed by atoms with van der Waals surface area (Å²) in [4.78, 5) is 0. The second-order valence-corrected chi connectivity index (χ2v) is 3.00. The maximum Gasteiger partial charge on any atom is 0.0233 e. The molecule has 0 nitrogen and oxygen atoms in total. The van der Waals surface area contributed by atoms with Crippen LogP contribution in [-0.4, -0.2) is 0 Å². The van der Waals surface area contributed by atoms with Gasteiger partial charge in [-0.25, -0.2) is 0 Å². The smallest absolute Gasteiger partial charge is 0.0233 e. The molecule has 0 aromatic carbocycles. The van der Waals surface area contributed by atoms with E-state index in [0.29, 0.717) is 19.7 Å². The Morgan fingerprint density at radius 3 is 2.80 bits per heavy atom. The van der Waals surface area contributed by atoms with Gasteiger partial charge in [0.15, 0.2) is 0 Å². The molecule has 0 saturated carbocycles. The van der Waals surface area contributed by atoms with Gasteiger partial charge in [-0.15, -0.1) is 0 Å². The van der Waals surface area contributed by atoms with E-state index in [1.807, 2.05) is 0 Å². The third-order valence-corrected chi connectivity index (χ3v) is 1.87. The molecule has 0 bridgehead atoms. The van der Waals surface area contributed by atoms with Crippen molar-refractivity contribution in [3.05, 3.63) is 0 Å². The summed E-state index contributed by atoms with van der Waals surface area (Å²) in [5, 5.41) is 0. The highest BCUT2D eigenvalue weighted by Crippen LogP contribution is 2.12. The molecule has 0 aliphatic heterocycles. The van der Waals surface area contributed by atoms with E-state index in [2.05, 4.69) is 6.92 Å². The molecule has 0 aromatic heterocycles. The van der Waals surface area contributed by atoms with Crippen molar-refractivity contribution in [1.29, 1.82) is 0 Å². The predicted octanol–water partition coefficient (Wildman–Crippen LogP) is 4.00. The van der Waals surface area contributed by atoms with Crippen LogP contribution in [0.15, 0.2) is 0 Å². The summed E-state index contributed by atoms with van der Waals surface area (Å²) in [5.74, 6) is 0.499. The standard InChI is InChI=1S/C10H22/c1-4-6-7-8-9-10(3)5-2/h10H,4-9H2,1-3H3/i2D,3D. The molecule has 1 atom stereocenters. The fourth-order valence-electron chi connectivity index (χ4n) is 1.00. The van der Waals surface area contributed by atoms with Gasteiger partial charge in [0.05, 0.1) is 0 Å². The van der Waals surface area contributed by atoms with Crippen molar-refractivity contribution >= 4 is 0 Å². The Morgan fingerprint density at radius 1 is 1.30 bits per heavy atom. The van der Waals surface area contributed by atoms with Crippen LogP contribution in [0.25, 0.3) is 0 Å². The van der Waals surface area contributed by atoms with Crippen molar-refractivity contribution in [3.8, 4) is 0 Å². The molecule has 0 heteroatoms. The third kappa shape index (κ3) is 6.12. The van der Waals surface area contributed by atoms with Crippen molar-refractivity contribution in [2.24, 2.45) is 5.92 Å². The van der Waals surface area contributed by atoms with Gasteiger partial charge in [0, 0.05) is 2.74 Å². The highest BCUT2D eigenvalue weighted by Gasteiger charge is 1.96. The minimum absolute atomic E-state index is 0.497. The SMILES string of the molecule is [2H]CCC(C[2H])CCCCCC. The Hall–Kier alpha value is 0. The highest BCUT2D eigenvalue weighted by molar-refractivity contribution is 4.50. The van der Waals surface area contributed by atoms with E-state index in [9.17, 15) is 0 Å². The maximum absolute atomic E-state index is 7.26. The van der Waals surface area contributed by atoms with Crippen molar-refractivity contribution in [2.45, 2.75) is 59.2 Å². The van der Waals surface area contributed by atoms with E-state index in [0.717, 1.165) is 6.42 Å². The van der Waals surface area contributed by atoms with E-state index in [1.54, 1.807) is 0 Å². The minimum Gasteiger partial charge on any atom is -0.0654 e. The van der Waals surface area contributed by atoms with E-state index in [4.69, 9.17) is 2.74 Å². The van der Waals surface area contributed by atoms with Gasteiger partial charge in [-0.3, -0.25) is 0 Å². The maximum atomic E-state index is 7.26. The highest BCUT2D eigenvalue weighted by atomic mass is 14.0. The summed E-state index contributed by atoms with van der Waals surface area (Å²) in [5.41, 5.74) is 0. The van der Waals surface area contributed by atoms with E-state index < -0.39 is 0 Å². The van der Waals surface area contributed by atoms with Crippen LogP contribution >= 0.6 is 0 Å². The number of hydrogen-bond acceptors (Lipinski definition) is 0. The summed E-state index contributed by atoms with van der Waals surface area (Å²) in [6.45, 7) is 3.23. The van der Waals surface area contributed by atoms with Crippen molar-refractivity contribution in [3.63, 3.8) is 0 Å². The molecule has 0 aromatic rings. The van der Waals surface area contributed by atoms with Crippen LogP contribution in [0.4, 0.5) is 0 Å². The molecule has 0 spiro atoms. The molecule has 0 fully saturated rings. The van der Waals surface area contributed by atoms with E-state index >= 15 is 0 Å². The molecule has 10 heavy (non-hydrogen) atoms. The molecule has 0 saturated heterocycles. The Labute approximate surface area is 68.8 Å². The second-order valence-electron chi connectivity index (χ2n) is 3.00. The third-order valence-electron chi connectivity index (χ3n) is 1.87. The van der Waals surface area contributed by atoms with Gasteiger partial charge in [-0.1, -0.05) is 59.2 Å². The average molecular weight is 144 g/mol. The van der Waals surface area contributed by atoms with Crippen LogP contribution in [0.2, 0.25) is 0 Å². The summed E-state index contributed by atoms with van der Waals surface area (Å²) < 4.78 is 14.3. The zero-order valence-electron chi connectivity index (χ0n) is 9.23. The van der Waals surface area contributed by atoms with Gasteiger partial charge in [0.1, 0.15) is 0 Å². The lowest BCUT2D eigenvalue weighted by atomic mass is 10.0. The van der Waals surface area contributed by atoms with Gasteiger partial charge in [-0.2, -0.15) is 0 Å². The van der Waals surface area contributed by atoms with Crippen LogP contribution in [0.3, 0.4) is 0 Å². The van der Waals surface area contributed by atoms with Crippen LogP contribution in [0.5, 0.6) is 0 Å². The summed E-state index contributed by atoms with van der Waals surface area (Å²) >= 11 is 0. The van der Waals surface area contributed by atoms with Gasteiger partial charge < -0.3 is 0 Å². The zero-order valence-corrected chi connectivity index (χ0v) is 7.23. The van der Waals surface area contributed by atoms with Crippen molar-refractivity contribution in [2.75, 3.05) is 0 Å². The first-order valence-corrected chi connectivity index (χ1v) is 4.43. The molecule has 0 rings (SSSR count). The lowest BCUT2D eigenvalue weighted by Gasteiger charge is -2.06. The van der Waals surface area contributed by atoms with Crippen LogP contribution < -0.4 is 0 Å². The van der Waals surface area contributed by atoms with Gasteiger partial charge in [0.2, 0.25) is 0 Å². The van der Waals surface area contributed by atoms with Crippen LogP contribution in [-0.2, 0) is 0 Å². The summed E-state index contributed by atoms with van der Waals surface area (Å²) in [7, 11) is 0.